The summed E-state index contributed by atoms with van der Waals surface area (Å²) in [6, 6.07) is 4.57. The van der Waals surface area contributed by atoms with Crippen LogP contribution in [0.1, 0.15) is 43.0 Å². The van der Waals surface area contributed by atoms with E-state index in [-0.39, 0.29) is 28.0 Å². The molecule has 1 spiro atoms. The molecule has 3 rings (SSSR count). The van der Waals surface area contributed by atoms with E-state index in [2.05, 4.69) is 0 Å². The average Bonchev–Trinajstić information content (AvgIpc) is 2.59. The largest absolute Gasteiger partial charge is 0.506 e. The summed E-state index contributed by atoms with van der Waals surface area (Å²) in [7, 11) is 0. The summed E-state index contributed by atoms with van der Waals surface area (Å²) >= 11 is 5.93. The zero-order chi connectivity index (χ0) is 17.3. The molecule has 0 unspecified atom stereocenters. The van der Waals surface area contributed by atoms with Crippen LogP contribution in [0.5, 0.6) is 5.75 Å². The Morgan fingerprint density at radius 1 is 1.33 bits per heavy atom. The van der Waals surface area contributed by atoms with Crippen LogP contribution >= 0.6 is 11.6 Å². The summed E-state index contributed by atoms with van der Waals surface area (Å²) in [6.07, 6.45) is 3.42. The zero-order valence-electron chi connectivity index (χ0n) is 13.9. The van der Waals surface area contributed by atoms with E-state index in [1.165, 1.54) is 12.1 Å². The second kappa shape index (κ2) is 6.63. The quantitative estimate of drug-likeness (QED) is 0.892. The van der Waals surface area contributed by atoms with Gasteiger partial charge in [0.2, 0.25) is 5.91 Å². The number of piperidine rings is 2. The average molecular weight is 351 g/mol. The molecule has 0 radical (unpaired) electrons. The number of rotatable bonds is 2. The number of benzene rings is 1. The maximum Gasteiger partial charge on any atom is 0.253 e. The molecule has 2 amide bonds. The maximum absolute atomic E-state index is 12.8. The second-order valence-corrected chi connectivity index (χ2v) is 7.31. The van der Waals surface area contributed by atoms with Crippen LogP contribution in [0.15, 0.2) is 18.2 Å². The lowest BCUT2D eigenvalue weighted by Gasteiger charge is -2.48. The maximum atomic E-state index is 12.8. The van der Waals surface area contributed by atoms with E-state index in [1.54, 1.807) is 6.07 Å². The molecule has 6 heteroatoms. The number of phenolic OH excluding ortho intramolecular Hbond substituents is 1. The third-order valence-electron chi connectivity index (χ3n) is 5.27. The van der Waals surface area contributed by atoms with Crippen LogP contribution in [0.25, 0.3) is 0 Å². The summed E-state index contributed by atoms with van der Waals surface area (Å²) in [4.78, 5) is 28.6. The molecule has 130 valence electrons. The molecule has 24 heavy (non-hydrogen) atoms. The first kappa shape index (κ1) is 17.1. The van der Waals surface area contributed by atoms with Crippen molar-refractivity contribution in [1.82, 2.24) is 9.80 Å². The molecule has 2 fully saturated rings. The Kier molecular flexibility index (Phi) is 4.72. The number of aromatic hydroxyl groups is 1. The van der Waals surface area contributed by atoms with Crippen LogP contribution in [-0.4, -0.2) is 52.9 Å². The van der Waals surface area contributed by atoms with Crippen molar-refractivity contribution in [3.05, 3.63) is 28.8 Å². The standard InChI is InChI=1S/C18H23ClN2O3/c1-2-20-11-18(8-6-16(20)23)7-3-9-21(12-18)17(24)13-4-5-15(22)14(19)10-13/h4-5,10,22H,2-3,6-9,11-12H2,1H3/t18-/m0/s1. The third kappa shape index (κ3) is 3.22. The van der Waals surface area contributed by atoms with Crippen molar-refractivity contribution in [1.29, 1.82) is 0 Å². The van der Waals surface area contributed by atoms with E-state index in [4.69, 9.17) is 11.6 Å². The van der Waals surface area contributed by atoms with Gasteiger partial charge in [0.05, 0.1) is 5.02 Å². The van der Waals surface area contributed by atoms with Gasteiger partial charge in [0.25, 0.3) is 5.91 Å². The molecule has 2 aliphatic rings. The molecule has 1 aromatic carbocycles. The van der Waals surface area contributed by atoms with Crippen molar-refractivity contribution in [2.24, 2.45) is 5.41 Å². The molecule has 2 aliphatic heterocycles. The number of hydrogen-bond donors (Lipinski definition) is 1. The predicted molar refractivity (Wildman–Crippen MR) is 92.2 cm³/mol. The van der Waals surface area contributed by atoms with Crippen molar-refractivity contribution in [2.45, 2.75) is 32.6 Å². The van der Waals surface area contributed by atoms with Gasteiger partial charge in [-0.15, -0.1) is 0 Å². The van der Waals surface area contributed by atoms with E-state index < -0.39 is 0 Å². The van der Waals surface area contributed by atoms with Gasteiger partial charge in [0, 0.05) is 43.6 Å². The van der Waals surface area contributed by atoms with Gasteiger partial charge in [-0.3, -0.25) is 9.59 Å². The van der Waals surface area contributed by atoms with Gasteiger partial charge < -0.3 is 14.9 Å². The first-order valence-corrected chi connectivity index (χ1v) is 8.87. The summed E-state index contributed by atoms with van der Waals surface area (Å²) in [5, 5.41) is 9.71. The molecule has 0 saturated carbocycles. The highest BCUT2D eigenvalue weighted by atomic mass is 35.5. The van der Waals surface area contributed by atoms with Crippen LogP contribution in [0.2, 0.25) is 5.02 Å². The Bertz CT molecular complexity index is 664. The number of nitrogens with zero attached hydrogens (tertiary/aromatic N) is 2. The van der Waals surface area contributed by atoms with Gasteiger partial charge in [0.1, 0.15) is 5.75 Å². The van der Waals surface area contributed by atoms with Gasteiger partial charge in [0.15, 0.2) is 0 Å². The second-order valence-electron chi connectivity index (χ2n) is 6.90. The predicted octanol–water partition coefficient (Wildman–Crippen LogP) is 2.91. The lowest BCUT2D eigenvalue weighted by molar-refractivity contribution is -0.138. The first-order chi connectivity index (χ1) is 11.4. The monoisotopic (exact) mass is 350 g/mol. The highest BCUT2D eigenvalue weighted by Gasteiger charge is 2.42. The number of halogens is 1. The Hall–Kier alpha value is -1.75. The minimum Gasteiger partial charge on any atom is -0.506 e. The molecule has 2 heterocycles. The Balaban J connectivity index is 1.76. The van der Waals surface area contributed by atoms with Crippen LogP contribution in [0.4, 0.5) is 0 Å². The van der Waals surface area contributed by atoms with E-state index in [1.807, 2.05) is 16.7 Å². The van der Waals surface area contributed by atoms with Crippen molar-refractivity contribution in [2.75, 3.05) is 26.2 Å². The van der Waals surface area contributed by atoms with Gasteiger partial charge in [-0.25, -0.2) is 0 Å². The van der Waals surface area contributed by atoms with Crippen LogP contribution in [0.3, 0.4) is 0 Å². The molecule has 1 aromatic rings. The van der Waals surface area contributed by atoms with Gasteiger partial charge in [-0.2, -0.15) is 0 Å². The molecule has 1 N–H and O–H groups in total. The van der Waals surface area contributed by atoms with E-state index >= 15 is 0 Å². The first-order valence-electron chi connectivity index (χ1n) is 8.50. The van der Waals surface area contributed by atoms with E-state index in [0.717, 1.165) is 38.9 Å². The summed E-state index contributed by atoms with van der Waals surface area (Å²) in [5.41, 5.74) is 0.507. The summed E-state index contributed by atoms with van der Waals surface area (Å²) in [5.74, 6) is 0.139. The van der Waals surface area contributed by atoms with Crippen molar-refractivity contribution < 1.29 is 14.7 Å². The minimum absolute atomic E-state index is 0.0124. The highest BCUT2D eigenvalue weighted by Crippen LogP contribution is 2.39. The number of hydrogen-bond acceptors (Lipinski definition) is 3. The molecule has 0 aliphatic carbocycles. The Labute approximate surface area is 147 Å². The highest BCUT2D eigenvalue weighted by molar-refractivity contribution is 6.32. The van der Waals surface area contributed by atoms with Gasteiger partial charge in [-0.05, 0) is 44.4 Å². The lowest BCUT2D eigenvalue weighted by Crippen LogP contribution is -2.55. The normalized spacial score (nSPS) is 24.5. The third-order valence-corrected chi connectivity index (χ3v) is 5.58. The Morgan fingerprint density at radius 3 is 2.83 bits per heavy atom. The molecule has 1 atom stereocenters. The molecule has 0 aromatic heterocycles. The fourth-order valence-electron chi connectivity index (χ4n) is 3.93. The van der Waals surface area contributed by atoms with Gasteiger partial charge in [-0.1, -0.05) is 11.6 Å². The number of likely N-dealkylation sites (tertiary alicyclic amines) is 2. The topological polar surface area (TPSA) is 60.9 Å². The van der Waals surface area contributed by atoms with Gasteiger partial charge >= 0.3 is 0 Å². The smallest absolute Gasteiger partial charge is 0.253 e. The fraction of sp³-hybridized carbons (Fsp3) is 0.556. The van der Waals surface area contributed by atoms with Crippen LogP contribution < -0.4 is 0 Å². The molecule has 0 bridgehead atoms. The van der Waals surface area contributed by atoms with E-state index in [0.29, 0.717) is 18.5 Å². The Morgan fingerprint density at radius 2 is 2.12 bits per heavy atom. The molecule has 5 nitrogen and oxygen atoms in total. The number of carbonyl (C=O) groups is 2. The van der Waals surface area contributed by atoms with Crippen molar-refractivity contribution in [3.63, 3.8) is 0 Å². The number of carbonyl (C=O) groups excluding carboxylic acids is 2. The van der Waals surface area contributed by atoms with Crippen LogP contribution in [0, 0.1) is 5.41 Å². The lowest BCUT2D eigenvalue weighted by atomic mass is 9.73. The van der Waals surface area contributed by atoms with Crippen molar-refractivity contribution in [3.8, 4) is 5.75 Å². The number of amides is 2. The SMILES string of the molecule is CCN1C[C@]2(CCCN(C(=O)c3ccc(O)c(Cl)c3)C2)CCC1=O. The number of phenols is 1. The molecule has 2 saturated heterocycles. The van der Waals surface area contributed by atoms with Crippen LogP contribution in [-0.2, 0) is 4.79 Å². The fourth-order valence-corrected chi connectivity index (χ4v) is 4.11. The molecular formula is C18H23ClN2O3. The zero-order valence-corrected chi connectivity index (χ0v) is 14.7. The summed E-state index contributed by atoms with van der Waals surface area (Å²) < 4.78 is 0. The van der Waals surface area contributed by atoms with E-state index in [9.17, 15) is 14.7 Å². The minimum atomic E-state index is -0.0593. The van der Waals surface area contributed by atoms with Crippen molar-refractivity contribution >= 4 is 23.4 Å². The summed E-state index contributed by atoms with van der Waals surface area (Å²) in [6.45, 7) is 4.86. The molecular weight excluding hydrogens is 328 g/mol.